The molecule has 1 aliphatic rings. The fourth-order valence-electron chi connectivity index (χ4n) is 4.98. The van der Waals surface area contributed by atoms with Gasteiger partial charge in [-0.05, 0) is 24.0 Å². The molecule has 0 bridgehead atoms. The smallest absolute Gasteiger partial charge is 0.141 e. The minimum Gasteiger partial charge on any atom is -0.379 e. The van der Waals surface area contributed by atoms with E-state index >= 15 is 0 Å². The Kier molecular flexibility index (Phi) is 20.0. The maximum atomic E-state index is 5.93. The lowest BCUT2D eigenvalue weighted by molar-refractivity contribution is -0.0451. The van der Waals surface area contributed by atoms with Gasteiger partial charge in [0.25, 0.3) is 0 Å². The van der Waals surface area contributed by atoms with E-state index in [0.29, 0.717) is 19.8 Å². The summed E-state index contributed by atoms with van der Waals surface area (Å²) in [5, 5.41) is 0. The van der Waals surface area contributed by atoms with Crippen molar-refractivity contribution in [3.05, 3.63) is 54.5 Å². The van der Waals surface area contributed by atoms with E-state index in [2.05, 4.69) is 67.0 Å². The second-order valence-electron chi connectivity index (χ2n) is 11.2. The van der Waals surface area contributed by atoms with Gasteiger partial charge in [-0.15, -0.1) is 0 Å². The predicted octanol–water partition coefficient (Wildman–Crippen LogP) is 8.83. The number of benzene rings is 1. The Balaban J connectivity index is 1.40. The van der Waals surface area contributed by atoms with Gasteiger partial charge in [0.05, 0.1) is 19.8 Å². The van der Waals surface area contributed by atoms with Crippen molar-refractivity contribution in [1.29, 1.82) is 0 Å². The van der Waals surface area contributed by atoms with E-state index in [1.54, 1.807) is 7.11 Å². The maximum absolute atomic E-state index is 5.93. The highest BCUT2D eigenvalue weighted by Crippen LogP contribution is 2.17. The van der Waals surface area contributed by atoms with Crippen molar-refractivity contribution in [2.45, 2.75) is 129 Å². The zero-order valence-electron chi connectivity index (χ0n) is 25.6. The third-order valence-corrected chi connectivity index (χ3v) is 7.47. The normalized spacial score (nSPS) is 14.0. The largest absolute Gasteiger partial charge is 0.379 e. The summed E-state index contributed by atoms with van der Waals surface area (Å²) in [4.78, 5) is 4.46. The van der Waals surface area contributed by atoms with E-state index in [4.69, 9.17) is 14.2 Å². The molecule has 0 spiro atoms. The molecule has 5 heteroatoms. The summed E-state index contributed by atoms with van der Waals surface area (Å²) in [6.07, 6.45) is 24.7. The minimum atomic E-state index is -0.0144. The molecule has 0 fully saturated rings. The fourth-order valence-corrected chi connectivity index (χ4v) is 4.98. The van der Waals surface area contributed by atoms with Crippen molar-refractivity contribution in [2.24, 2.45) is 0 Å². The zero-order valence-corrected chi connectivity index (χ0v) is 25.6. The van der Waals surface area contributed by atoms with Crippen LogP contribution in [-0.2, 0) is 27.4 Å². The summed E-state index contributed by atoms with van der Waals surface area (Å²) in [6, 6.07) is 8.70. The summed E-state index contributed by atoms with van der Waals surface area (Å²) in [6.45, 7) is 11.2. The summed E-state index contributed by atoms with van der Waals surface area (Å²) >= 11 is 0. The first-order valence-corrected chi connectivity index (χ1v) is 16.1. The molecule has 5 nitrogen and oxygen atoms in total. The van der Waals surface area contributed by atoms with Gasteiger partial charge in [-0.25, -0.2) is 0 Å². The summed E-state index contributed by atoms with van der Waals surface area (Å²) in [7, 11) is 1.74. The van der Waals surface area contributed by atoms with Crippen LogP contribution < -0.4 is 0 Å². The Labute approximate surface area is 241 Å². The zero-order chi connectivity index (χ0) is 27.8. The third kappa shape index (κ3) is 17.0. The fraction of sp³-hybridized carbons (Fsp3) is 0.735. The van der Waals surface area contributed by atoms with Crippen LogP contribution in [-0.4, -0.2) is 49.4 Å². The van der Waals surface area contributed by atoms with Crippen molar-refractivity contribution in [1.82, 2.24) is 9.80 Å². The molecule has 2 rings (SSSR count). The van der Waals surface area contributed by atoms with Gasteiger partial charge in [0.2, 0.25) is 0 Å². The van der Waals surface area contributed by atoms with Gasteiger partial charge < -0.3 is 24.0 Å². The molecule has 1 heterocycles. The molecule has 0 amide bonds. The Morgan fingerprint density at radius 1 is 0.615 bits per heavy atom. The Bertz CT molecular complexity index is 709. The number of hydrogen-bond donors (Lipinski definition) is 0. The topological polar surface area (TPSA) is 34.2 Å². The number of hydrogen-bond acceptors (Lipinski definition) is 5. The maximum Gasteiger partial charge on any atom is 0.141 e. The van der Waals surface area contributed by atoms with E-state index in [0.717, 1.165) is 32.5 Å². The lowest BCUT2D eigenvalue weighted by atomic mass is 10.0. The molecule has 1 radical (unpaired) electrons. The summed E-state index contributed by atoms with van der Waals surface area (Å²) in [5.41, 5.74) is 2.48. The van der Waals surface area contributed by atoms with Crippen LogP contribution in [0.2, 0.25) is 0 Å². The first-order valence-electron chi connectivity index (χ1n) is 16.1. The molecule has 0 saturated heterocycles. The van der Waals surface area contributed by atoms with Crippen LogP contribution in [0.25, 0.3) is 0 Å². The molecule has 39 heavy (non-hydrogen) atoms. The molecule has 1 aromatic carbocycles. The van der Waals surface area contributed by atoms with Crippen molar-refractivity contribution < 1.29 is 14.2 Å². The molecule has 1 aliphatic heterocycles. The van der Waals surface area contributed by atoms with Crippen LogP contribution in [0.5, 0.6) is 0 Å². The summed E-state index contributed by atoms with van der Waals surface area (Å²) < 4.78 is 17.4. The van der Waals surface area contributed by atoms with Gasteiger partial charge >= 0.3 is 0 Å². The highest BCUT2D eigenvalue weighted by molar-refractivity contribution is 5.22. The van der Waals surface area contributed by atoms with Gasteiger partial charge in [0.1, 0.15) is 12.8 Å². The van der Waals surface area contributed by atoms with E-state index in [-0.39, 0.29) is 6.10 Å². The monoisotopic (exact) mass is 543 g/mol. The average molecular weight is 544 g/mol. The van der Waals surface area contributed by atoms with Crippen LogP contribution in [0.1, 0.15) is 121 Å². The summed E-state index contributed by atoms with van der Waals surface area (Å²) in [5.74, 6) is 0. The van der Waals surface area contributed by atoms with Gasteiger partial charge in [0, 0.05) is 39.2 Å². The molecule has 223 valence electrons. The van der Waals surface area contributed by atoms with Gasteiger partial charge in [-0.1, -0.05) is 122 Å². The molecular weight excluding hydrogens is 484 g/mol. The Morgan fingerprint density at radius 3 is 1.74 bits per heavy atom. The molecular formula is C34H59N2O3. The van der Waals surface area contributed by atoms with Crippen molar-refractivity contribution in [3.8, 4) is 0 Å². The second-order valence-corrected chi connectivity index (χ2v) is 11.2. The van der Waals surface area contributed by atoms with Crippen molar-refractivity contribution >= 4 is 0 Å². The third-order valence-electron chi connectivity index (χ3n) is 7.47. The highest BCUT2D eigenvalue weighted by atomic mass is 16.6. The highest BCUT2D eigenvalue weighted by Gasteiger charge is 2.13. The number of nitrogens with zero attached hydrogens (tertiary/aromatic N) is 2. The van der Waals surface area contributed by atoms with E-state index in [9.17, 15) is 0 Å². The number of rotatable bonds is 26. The molecule has 1 atom stereocenters. The first kappa shape index (κ1) is 33.6. The molecule has 0 N–H and O–H groups in total. The standard InChI is InChI=1S/C34H59N2O3/c1-4-6-7-8-9-10-11-12-13-14-15-16-17-18-26-38-29-34(37-3)30-39-28-33-21-19-32(20-22-33)27-36-25-24-35(31-36)23-5-2/h19-22,24-25,31,34H,4-18,23,26-30H2,1-3H3. The van der Waals surface area contributed by atoms with Crippen molar-refractivity contribution in [2.75, 3.05) is 33.5 Å². The predicted molar refractivity (Wildman–Crippen MR) is 164 cm³/mol. The van der Waals surface area contributed by atoms with E-state index in [1.807, 2.05) is 0 Å². The second kappa shape index (κ2) is 23.2. The van der Waals surface area contributed by atoms with E-state index in [1.165, 1.54) is 94.6 Å². The van der Waals surface area contributed by atoms with Crippen molar-refractivity contribution in [3.63, 3.8) is 0 Å². The van der Waals surface area contributed by atoms with Gasteiger partial charge in [-0.3, -0.25) is 0 Å². The minimum absolute atomic E-state index is 0.0144. The molecule has 1 aromatic rings. The van der Waals surface area contributed by atoms with Crippen LogP contribution in [0, 0.1) is 6.67 Å². The quantitative estimate of drug-likeness (QED) is 0.109. The van der Waals surface area contributed by atoms with E-state index < -0.39 is 0 Å². The van der Waals surface area contributed by atoms with Crippen LogP contribution in [0.4, 0.5) is 0 Å². The van der Waals surface area contributed by atoms with Crippen LogP contribution >= 0.6 is 0 Å². The number of ether oxygens (including phenoxy) is 3. The molecule has 0 saturated carbocycles. The lowest BCUT2D eigenvalue weighted by Crippen LogP contribution is -2.24. The van der Waals surface area contributed by atoms with Gasteiger partial charge in [-0.2, -0.15) is 0 Å². The average Bonchev–Trinajstić information content (AvgIpc) is 3.39. The number of unbranched alkanes of at least 4 members (excludes halogenated alkanes) is 13. The van der Waals surface area contributed by atoms with Crippen LogP contribution in [0.15, 0.2) is 36.7 Å². The number of methoxy groups -OCH3 is 1. The molecule has 1 unspecified atom stereocenters. The Hall–Kier alpha value is -1.56. The lowest BCUT2D eigenvalue weighted by Gasteiger charge is -2.20. The molecule has 0 aliphatic carbocycles. The van der Waals surface area contributed by atoms with Gasteiger partial charge in [0.15, 0.2) is 0 Å². The molecule has 0 aromatic heterocycles. The SMILES string of the molecule is CCCCCCCCCCCCCCCCOCC(COCc1ccc(CN2[CH]N(CCC)C=C2)cc1)OC. The Morgan fingerprint density at radius 2 is 1.15 bits per heavy atom. The van der Waals surface area contributed by atoms with Crippen LogP contribution in [0.3, 0.4) is 0 Å². The first-order chi connectivity index (χ1) is 19.2.